The van der Waals surface area contributed by atoms with Gasteiger partial charge < -0.3 is 15.5 Å². The lowest BCUT2D eigenvalue weighted by molar-refractivity contribution is -0.131. The standard InChI is InChI=1S/C14H29N3O/c1-12(2)9-14(18)17-6-4-5-16(7-8-17)11-13(3)10-15/h12-13H,4-11,15H2,1-3H3. The van der Waals surface area contributed by atoms with Crippen LogP contribution in [-0.4, -0.2) is 55.0 Å². The van der Waals surface area contributed by atoms with E-state index in [2.05, 4.69) is 25.7 Å². The molecule has 4 nitrogen and oxygen atoms in total. The summed E-state index contributed by atoms with van der Waals surface area (Å²) in [7, 11) is 0. The van der Waals surface area contributed by atoms with Gasteiger partial charge >= 0.3 is 0 Å². The Balaban J connectivity index is 2.38. The second kappa shape index (κ2) is 7.74. The minimum absolute atomic E-state index is 0.318. The van der Waals surface area contributed by atoms with Gasteiger partial charge in [-0.15, -0.1) is 0 Å². The van der Waals surface area contributed by atoms with Crippen molar-refractivity contribution in [3.05, 3.63) is 0 Å². The molecular formula is C14H29N3O. The first kappa shape index (κ1) is 15.4. The van der Waals surface area contributed by atoms with Crippen molar-refractivity contribution in [1.29, 1.82) is 0 Å². The molecule has 0 radical (unpaired) electrons. The molecule has 0 bridgehead atoms. The van der Waals surface area contributed by atoms with E-state index in [1.807, 2.05) is 4.90 Å². The number of hydrogen-bond acceptors (Lipinski definition) is 3. The Kier molecular flexibility index (Phi) is 6.65. The lowest BCUT2D eigenvalue weighted by Crippen LogP contribution is -2.37. The van der Waals surface area contributed by atoms with E-state index in [9.17, 15) is 4.79 Å². The van der Waals surface area contributed by atoms with Crippen LogP contribution in [0.3, 0.4) is 0 Å². The molecule has 1 fully saturated rings. The molecule has 0 aliphatic carbocycles. The van der Waals surface area contributed by atoms with Gasteiger partial charge in [-0.3, -0.25) is 4.79 Å². The van der Waals surface area contributed by atoms with Gasteiger partial charge in [0, 0.05) is 32.6 Å². The number of amides is 1. The second-order valence-corrected chi connectivity index (χ2v) is 5.97. The lowest BCUT2D eigenvalue weighted by Gasteiger charge is -2.24. The van der Waals surface area contributed by atoms with Crippen molar-refractivity contribution in [2.45, 2.75) is 33.6 Å². The highest BCUT2D eigenvalue weighted by molar-refractivity contribution is 5.76. The first-order valence-corrected chi connectivity index (χ1v) is 7.23. The molecule has 1 aliphatic heterocycles. The predicted molar refractivity (Wildman–Crippen MR) is 75.3 cm³/mol. The largest absolute Gasteiger partial charge is 0.341 e. The van der Waals surface area contributed by atoms with Gasteiger partial charge in [-0.25, -0.2) is 0 Å². The molecule has 0 aromatic carbocycles. The van der Waals surface area contributed by atoms with Crippen molar-refractivity contribution < 1.29 is 4.79 Å². The zero-order valence-electron chi connectivity index (χ0n) is 12.2. The maximum atomic E-state index is 12.0. The van der Waals surface area contributed by atoms with Crippen LogP contribution in [0, 0.1) is 11.8 Å². The van der Waals surface area contributed by atoms with Gasteiger partial charge in [-0.05, 0) is 31.3 Å². The van der Waals surface area contributed by atoms with E-state index in [0.29, 0.717) is 24.2 Å². The molecule has 1 unspecified atom stereocenters. The number of nitrogens with two attached hydrogens (primary N) is 1. The lowest BCUT2D eigenvalue weighted by atomic mass is 10.1. The van der Waals surface area contributed by atoms with Crippen LogP contribution in [0.5, 0.6) is 0 Å². The fourth-order valence-electron chi connectivity index (χ4n) is 2.40. The molecule has 1 atom stereocenters. The summed E-state index contributed by atoms with van der Waals surface area (Å²) in [4.78, 5) is 16.5. The van der Waals surface area contributed by atoms with Crippen LogP contribution >= 0.6 is 0 Å². The molecule has 18 heavy (non-hydrogen) atoms. The number of nitrogens with zero attached hydrogens (tertiary/aromatic N) is 2. The first-order valence-electron chi connectivity index (χ1n) is 7.23. The van der Waals surface area contributed by atoms with Crippen LogP contribution in [0.15, 0.2) is 0 Å². The van der Waals surface area contributed by atoms with Crippen LogP contribution in [0.1, 0.15) is 33.6 Å². The Morgan fingerprint density at radius 3 is 2.50 bits per heavy atom. The molecule has 1 heterocycles. The molecule has 1 rings (SSSR count). The van der Waals surface area contributed by atoms with Crippen LogP contribution in [0.25, 0.3) is 0 Å². The fourth-order valence-corrected chi connectivity index (χ4v) is 2.40. The molecule has 1 aliphatic rings. The van der Waals surface area contributed by atoms with E-state index in [1.165, 1.54) is 0 Å². The van der Waals surface area contributed by atoms with Gasteiger partial charge in [0.25, 0.3) is 0 Å². The Labute approximate surface area is 111 Å². The third kappa shape index (κ3) is 5.36. The molecule has 0 aromatic rings. The van der Waals surface area contributed by atoms with Crippen molar-refractivity contribution >= 4 is 5.91 Å². The summed E-state index contributed by atoms with van der Waals surface area (Å²) >= 11 is 0. The van der Waals surface area contributed by atoms with E-state index in [0.717, 1.165) is 45.7 Å². The zero-order valence-corrected chi connectivity index (χ0v) is 12.2. The minimum Gasteiger partial charge on any atom is -0.341 e. The normalized spacial score (nSPS) is 19.9. The summed E-state index contributed by atoms with van der Waals surface area (Å²) in [6, 6.07) is 0. The second-order valence-electron chi connectivity index (χ2n) is 5.97. The van der Waals surface area contributed by atoms with Crippen LogP contribution < -0.4 is 5.73 Å². The topological polar surface area (TPSA) is 49.6 Å². The van der Waals surface area contributed by atoms with Gasteiger partial charge in [0.15, 0.2) is 0 Å². The molecule has 2 N–H and O–H groups in total. The van der Waals surface area contributed by atoms with Gasteiger partial charge in [0.05, 0.1) is 0 Å². The van der Waals surface area contributed by atoms with Crippen molar-refractivity contribution in [3.63, 3.8) is 0 Å². The quantitative estimate of drug-likeness (QED) is 0.802. The third-order valence-corrected chi connectivity index (χ3v) is 3.50. The average molecular weight is 255 g/mol. The molecule has 0 saturated carbocycles. The molecule has 106 valence electrons. The highest BCUT2D eigenvalue weighted by Crippen LogP contribution is 2.09. The maximum Gasteiger partial charge on any atom is 0.222 e. The average Bonchev–Trinajstić information content (AvgIpc) is 2.53. The summed E-state index contributed by atoms with van der Waals surface area (Å²) in [6.07, 6.45) is 1.76. The number of carbonyl (C=O) groups is 1. The van der Waals surface area contributed by atoms with Crippen molar-refractivity contribution in [2.75, 3.05) is 39.3 Å². The van der Waals surface area contributed by atoms with Crippen molar-refractivity contribution in [3.8, 4) is 0 Å². The van der Waals surface area contributed by atoms with Gasteiger partial charge in [0.1, 0.15) is 0 Å². The van der Waals surface area contributed by atoms with Crippen LogP contribution in [-0.2, 0) is 4.79 Å². The Morgan fingerprint density at radius 1 is 1.17 bits per heavy atom. The van der Waals surface area contributed by atoms with Gasteiger partial charge in [-0.2, -0.15) is 0 Å². The third-order valence-electron chi connectivity index (χ3n) is 3.50. The Morgan fingerprint density at radius 2 is 1.89 bits per heavy atom. The maximum absolute atomic E-state index is 12.0. The monoisotopic (exact) mass is 255 g/mol. The van der Waals surface area contributed by atoms with Crippen LogP contribution in [0.2, 0.25) is 0 Å². The Bertz CT molecular complexity index is 255. The van der Waals surface area contributed by atoms with E-state index >= 15 is 0 Å². The molecule has 1 amide bonds. The van der Waals surface area contributed by atoms with Crippen LogP contribution in [0.4, 0.5) is 0 Å². The zero-order chi connectivity index (χ0) is 13.5. The van der Waals surface area contributed by atoms with E-state index in [-0.39, 0.29) is 0 Å². The van der Waals surface area contributed by atoms with E-state index in [4.69, 9.17) is 5.73 Å². The summed E-state index contributed by atoms with van der Waals surface area (Å²) in [5, 5.41) is 0. The number of rotatable bonds is 5. The summed E-state index contributed by atoms with van der Waals surface area (Å²) in [6.45, 7) is 12.1. The van der Waals surface area contributed by atoms with E-state index < -0.39 is 0 Å². The van der Waals surface area contributed by atoms with Gasteiger partial charge in [-0.1, -0.05) is 20.8 Å². The predicted octanol–water partition coefficient (Wildman–Crippen LogP) is 1.16. The minimum atomic E-state index is 0.318. The van der Waals surface area contributed by atoms with Crippen molar-refractivity contribution in [1.82, 2.24) is 9.80 Å². The number of hydrogen-bond donors (Lipinski definition) is 1. The Hall–Kier alpha value is -0.610. The molecule has 1 saturated heterocycles. The first-order chi connectivity index (χ1) is 8.52. The van der Waals surface area contributed by atoms with Crippen molar-refractivity contribution in [2.24, 2.45) is 17.6 Å². The number of carbonyl (C=O) groups excluding carboxylic acids is 1. The summed E-state index contributed by atoms with van der Waals surface area (Å²) in [5.41, 5.74) is 5.67. The highest BCUT2D eigenvalue weighted by Gasteiger charge is 2.20. The van der Waals surface area contributed by atoms with E-state index in [1.54, 1.807) is 0 Å². The molecule has 0 spiro atoms. The molecule has 4 heteroatoms. The summed E-state index contributed by atoms with van der Waals surface area (Å²) < 4.78 is 0. The van der Waals surface area contributed by atoms with Gasteiger partial charge in [0.2, 0.25) is 5.91 Å². The smallest absolute Gasteiger partial charge is 0.222 e. The molecular weight excluding hydrogens is 226 g/mol. The fraction of sp³-hybridized carbons (Fsp3) is 0.929. The highest BCUT2D eigenvalue weighted by atomic mass is 16.2. The molecule has 0 aromatic heterocycles. The SMILES string of the molecule is CC(C)CC(=O)N1CCCN(CC(C)CN)CC1. The summed E-state index contributed by atoms with van der Waals surface area (Å²) in [5.74, 6) is 1.32.